The first-order valence-corrected chi connectivity index (χ1v) is 9.50. The van der Waals surface area contributed by atoms with Gasteiger partial charge in [0.15, 0.2) is 14.8 Å². The lowest BCUT2D eigenvalue weighted by Gasteiger charge is -2.21. The molecule has 2 aromatic carbocycles. The summed E-state index contributed by atoms with van der Waals surface area (Å²) < 4.78 is 5.64. The van der Waals surface area contributed by atoms with E-state index in [4.69, 9.17) is 4.43 Å². The largest absolute Gasteiger partial charge is 0.722 e. The van der Waals surface area contributed by atoms with Gasteiger partial charge in [-0.25, -0.2) is 0 Å². The molecule has 0 radical (unpaired) electrons. The van der Waals surface area contributed by atoms with Gasteiger partial charge in [-0.05, 0) is 35.3 Å². The van der Waals surface area contributed by atoms with E-state index >= 15 is 0 Å². The molecule has 0 saturated heterocycles. The molecule has 0 aromatic heterocycles. The predicted molar refractivity (Wildman–Crippen MR) is 98.4 cm³/mol. The molecule has 0 fully saturated rings. The number of benzene rings is 2. The molecule has 0 unspecified atom stereocenters. The summed E-state index contributed by atoms with van der Waals surface area (Å²) in [6.45, 7) is 2.37. The number of nitrogens with zero attached hydrogens (tertiary/aromatic N) is 3. The van der Waals surface area contributed by atoms with Crippen molar-refractivity contribution in [2.45, 2.75) is 19.6 Å². The molecule has 27 heavy (non-hydrogen) atoms. The predicted octanol–water partition coefficient (Wildman–Crippen LogP) is 0.642. The molecule has 2 rings (SSSR count). The van der Waals surface area contributed by atoms with Gasteiger partial charge in [-0.15, -0.1) is 0 Å². The number of nitro groups is 3. The Balaban J connectivity index is 2.52. The summed E-state index contributed by atoms with van der Waals surface area (Å²) in [4.78, 5) is 29.0. The van der Waals surface area contributed by atoms with Crippen LogP contribution < -0.4 is 10.4 Å². The Morgan fingerprint density at radius 1 is 0.815 bits per heavy atom. The molecular weight excluding hydrogens is 374 g/mol. The lowest BCUT2D eigenvalue weighted by Crippen LogP contribution is -2.59. The van der Waals surface area contributed by atoms with E-state index in [1.807, 2.05) is 26.0 Å². The van der Waals surface area contributed by atoms with Crippen molar-refractivity contribution in [3.8, 4) is 0 Å². The van der Waals surface area contributed by atoms with Crippen LogP contribution in [0.4, 0.5) is 0 Å². The molecule has 142 valence electrons. The number of rotatable bonds is 8. The zero-order chi connectivity index (χ0) is 20.2. The maximum Gasteiger partial charge on any atom is 0.722 e. The number of hydrogen-bond donors (Lipinski definition) is 0. The highest BCUT2D eigenvalue weighted by molar-refractivity contribution is 6.80. The van der Waals surface area contributed by atoms with Crippen molar-refractivity contribution < 1.29 is 19.2 Å². The summed E-state index contributed by atoms with van der Waals surface area (Å²) in [5.74, 6) is -3.64. The Morgan fingerprint density at radius 3 is 1.52 bits per heavy atom. The van der Waals surface area contributed by atoms with E-state index in [1.165, 1.54) is 0 Å². The van der Waals surface area contributed by atoms with Crippen LogP contribution in [0.1, 0.15) is 11.1 Å². The Labute approximate surface area is 155 Å². The molecule has 10 nitrogen and oxygen atoms in total. The minimum Gasteiger partial charge on any atom is -0.391 e. The molecule has 11 heteroatoms. The van der Waals surface area contributed by atoms with E-state index in [-0.39, 0.29) is 0 Å². The number of hydrogen-bond acceptors (Lipinski definition) is 7. The lowest BCUT2D eigenvalue weighted by molar-refractivity contribution is -0.969. The molecule has 2 aromatic rings. The molecule has 0 saturated carbocycles. The first-order chi connectivity index (χ1) is 12.7. The highest BCUT2D eigenvalue weighted by Crippen LogP contribution is 2.14. The van der Waals surface area contributed by atoms with Crippen LogP contribution in [-0.2, 0) is 4.43 Å². The Kier molecular flexibility index (Phi) is 5.97. The third-order valence-corrected chi connectivity index (χ3v) is 7.19. The van der Waals surface area contributed by atoms with E-state index in [0.717, 1.165) is 21.5 Å². The molecule has 0 aliphatic carbocycles. The second kappa shape index (κ2) is 8.01. The van der Waals surface area contributed by atoms with Crippen molar-refractivity contribution in [2.75, 3.05) is 6.61 Å². The minimum absolute atomic E-state index is 0.746. The van der Waals surface area contributed by atoms with Gasteiger partial charge in [0.1, 0.15) is 0 Å². The van der Waals surface area contributed by atoms with E-state index in [2.05, 4.69) is 0 Å². The van der Waals surface area contributed by atoms with Crippen LogP contribution in [0.3, 0.4) is 0 Å². The molecule has 0 aliphatic rings. The van der Waals surface area contributed by atoms with Crippen LogP contribution in [0.15, 0.2) is 48.5 Å². The summed E-state index contributed by atoms with van der Waals surface area (Å²) >= 11 is 0. The fourth-order valence-electron chi connectivity index (χ4n) is 2.66. The Bertz CT molecular complexity index is 808. The molecule has 0 amide bonds. The average molecular weight is 391 g/mol. The van der Waals surface area contributed by atoms with Gasteiger partial charge in [-0.1, -0.05) is 48.5 Å². The molecule has 0 spiro atoms. The Hall–Kier alpha value is -3.18. The topological polar surface area (TPSA) is 139 Å². The third-order valence-electron chi connectivity index (χ3n) is 4.26. The van der Waals surface area contributed by atoms with Crippen LogP contribution in [0.5, 0.6) is 0 Å². The molecule has 0 bridgehead atoms. The van der Waals surface area contributed by atoms with Crippen LogP contribution in [0.25, 0.3) is 0 Å². The molecular formula is C16H17N3O7Si. The second-order valence-electron chi connectivity index (χ2n) is 5.95. The third kappa shape index (κ3) is 3.83. The zero-order valence-electron chi connectivity index (χ0n) is 14.6. The van der Waals surface area contributed by atoms with E-state index in [1.54, 1.807) is 36.4 Å². The number of aryl methyl sites for hydroxylation is 2. The summed E-state index contributed by atoms with van der Waals surface area (Å²) in [6, 6.07) is 14.3. The van der Waals surface area contributed by atoms with Crippen LogP contribution >= 0.6 is 0 Å². The van der Waals surface area contributed by atoms with Crippen molar-refractivity contribution in [1.82, 2.24) is 0 Å². The lowest BCUT2D eigenvalue weighted by atomic mass is 10.2. The van der Waals surface area contributed by atoms with Gasteiger partial charge in [0, 0.05) is 0 Å². The fourth-order valence-corrected chi connectivity index (χ4v) is 5.34. The summed E-state index contributed by atoms with van der Waals surface area (Å²) in [5, 5.41) is 35.0. The highest BCUT2D eigenvalue weighted by Gasteiger charge is 2.71. The standard InChI is InChI=1S/C16H17N3O7Si/c1-12-7-3-5-9-14(12)27(15-10-6-4-8-13(15)2)26-11-16(17(20)21,18(22)23)19(24)25/h3-10,27H,11H2,1-2H3. The van der Waals surface area contributed by atoms with E-state index < -0.39 is 36.2 Å². The summed E-state index contributed by atoms with van der Waals surface area (Å²) in [5.41, 5.74) is 1.68. The van der Waals surface area contributed by atoms with Crippen LogP contribution in [-0.4, -0.2) is 36.2 Å². The van der Waals surface area contributed by atoms with Crippen molar-refractivity contribution in [1.29, 1.82) is 0 Å². The van der Waals surface area contributed by atoms with Crippen LogP contribution in [0.2, 0.25) is 0 Å². The van der Waals surface area contributed by atoms with E-state index in [9.17, 15) is 30.3 Å². The van der Waals surface area contributed by atoms with Gasteiger partial charge >= 0.3 is 5.79 Å². The van der Waals surface area contributed by atoms with Crippen molar-refractivity contribution in [2.24, 2.45) is 0 Å². The van der Waals surface area contributed by atoms with Crippen molar-refractivity contribution >= 4 is 19.4 Å². The average Bonchev–Trinajstić information content (AvgIpc) is 2.60. The SMILES string of the molecule is Cc1ccccc1[SiH](OCC([N+](=O)[O-])([N+](=O)[O-])[N+](=O)[O-])c1ccccc1C. The Morgan fingerprint density at radius 2 is 1.19 bits per heavy atom. The molecule has 0 aliphatic heterocycles. The monoisotopic (exact) mass is 391 g/mol. The first-order valence-electron chi connectivity index (χ1n) is 7.88. The second-order valence-corrected chi connectivity index (χ2v) is 8.29. The highest BCUT2D eigenvalue weighted by atomic mass is 28.3. The summed E-state index contributed by atoms with van der Waals surface area (Å²) in [7, 11) is -2.67. The fraction of sp³-hybridized carbons (Fsp3) is 0.250. The van der Waals surface area contributed by atoms with Crippen molar-refractivity contribution in [3.63, 3.8) is 0 Å². The quantitative estimate of drug-likeness (QED) is 0.278. The smallest absolute Gasteiger partial charge is 0.391 e. The zero-order valence-corrected chi connectivity index (χ0v) is 15.8. The molecule has 0 atom stereocenters. The maximum absolute atomic E-state index is 11.2. The van der Waals surface area contributed by atoms with Crippen LogP contribution in [0, 0.1) is 44.2 Å². The maximum atomic E-state index is 11.2. The molecule has 0 heterocycles. The van der Waals surface area contributed by atoms with Gasteiger partial charge in [-0.2, -0.15) is 0 Å². The van der Waals surface area contributed by atoms with Crippen molar-refractivity contribution in [3.05, 3.63) is 90.0 Å². The van der Waals surface area contributed by atoms with Gasteiger partial charge < -0.3 is 4.43 Å². The summed E-state index contributed by atoms with van der Waals surface area (Å²) in [6.07, 6.45) is 0. The minimum atomic E-state index is -3.64. The molecule has 0 N–H and O–H groups in total. The van der Waals surface area contributed by atoms with Gasteiger partial charge in [0.25, 0.3) is 6.61 Å². The van der Waals surface area contributed by atoms with Gasteiger partial charge in [-0.3, -0.25) is 30.3 Å². The van der Waals surface area contributed by atoms with E-state index in [0.29, 0.717) is 0 Å². The van der Waals surface area contributed by atoms with Gasteiger partial charge in [0.2, 0.25) is 9.04 Å². The normalized spacial score (nSPS) is 11.4. The first kappa shape index (κ1) is 20.1. The van der Waals surface area contributed by atoms with Gasteiger partial charge in [0.05, 0.1) is 0 Å².